The smallest absolute Gasteiger partial charge is 0.251 e. The Bertz CT molecular complexity index is 1080. The maximum Gasteiger partial charge on any atom is 0.251 e. The molecule has 7 nitrogen and oxygen atoms in total. The SMILES string of the molecule is O=C(CNc1ccccc1OCc1ccccc1)Nc1ccc(C(=O)NCC2CCCO2)cc1. The number of amides is 2. The number of nitrogens with one attached hydrogen (secondary N) is 3. The summed E-state index contributed by atoms with van der Waals surface area (Å²) in [5.74, 6) is 0.327. The first kappa shape index (κ1) is 23.3. The number of hydrogen-bond donors (Lipinski definition) is 3. The summed E-state index contributed by atoms with van der Waals surface area (Å²) in [6, 6.07) is 24.3. The van der Waals surface area contributed by atoms with Gasteiger partial charge in [0.05, 0.1) is 18.3 Å². The van der Waals surface area contributed by atoms with E-state index in [1.807, 2.05) is 54.6 Å². The number of carbonyl (C=O) groups is 2. The molecular weight excluding hydrogens is 430 g/mol. The highest BCUT2D eigenvalue weighted by Gasteiger charge is 2.16. The van der Waals surface area contributed by atoms with Gasteiger partial charge in [0.2, 0.25) is 5.91 Å². The number of benzene rings is 3. The zero-order chi connectivity index (χ0) is 23.6. The highest BCUT2D eigenvalue weighted by Crippen LogP contribution is 2.24. The van der Waals surface area contributed by atoms with Gasteiger partial charge >= 0.3 is 0 Å². The number of rotatable bonds is 10. The molecule has 34 heavy (non-hydrogen) atoms. The van der Waals surface area contributed by atoms with Crippen molar-refractivity contribution in [2.24, 2.45) is 0 Å². The predicted molar refractivity (Wildman–Crippen MR) is 132 cm³/mol. The lowest BCUT2D eigenvalue weighted by Gasteiger charge is -2.14. The van der Waals surface area contributed by atoms with Crippen molar-refractivity contribution in [1.29, 1.82) is 0 Å². The molecule has 0 spiro atoms. The average Bonchev–Trinajstić information content (AvgIpc) is 3.40. The van der Waals surface area contributed by atoms with Gasteiger partial charge in [-0.05, 0) is 54.8 Å². The molecule has 0 aromatic heterocycles. The highest BCUT2D eigenvalue weighted by molar-refractivity contribution is 5.96. The second-order valence-corrected chi connectivity index (χ2v) is 8.09. The number of anilines is 2. The Kier molecular flexibility index (Phi) is 8.13. The van der Waals surface area contributed by atoms with Crippen molar-refractivity contribution in [2.45, 2.75) is 25.6 Å². The molecule has 1 atom stereocenters. The summed E-state index contributed by atoms with van der Waals surface area (Å²) in [6.07, 6.45) is 2.11. The standard InChI is InChI=1S/C27H29N3O4/c31-26(18-28-24-10-4-5-11-25(24)34-19-20-7-2-1-3-8-20)30-22-14-12-21(13-15-22)27(32)29-17-23-9-6-16-33-23/h1-5,7-8,10-15,23,28H,6,9,16-19H2,(H,29,32)(H,30,31). The first-order valence-corrected chi connectivity index (χ1v) is 11.5. The van der Waals surface area contributed by atoms with Crippen molar-refractivity contribution in [3.05, 3.63) is 90.0 Å². The van der Waals surface area contributed by atoms with Crippen molar-refractivity contribution in [3.8, 4) is 5.75 Å². The van der Waals surface area contributed by atoms with Crippen LogP contribution in [0.3, 0.4) is 0 Å². The van der Waals surface area contributed by atoms with Gasteiger partial charge in [-0.3, -0.25) is 9.59 Å². The average molecular weight is 460 g/mol. The molecule has 1 aliphatic heterocycles. The first-order valence-electron chi connectivity index (χ1n) is 11.5. The van der Waals surface area contributed by atoms with Gasteiger partial charge in [0.15, 0.2) is 0 Å². The Morgan fingerprint density at radius 2 is 1.71 bits per heavy atom. The third-order valence-electron chi connectivity index (χ3n) is 5.51. The molecule has 1 aliphatic rings. The predicted octanol–water partition coefficient (Wildman–Crippen LogP) is 4.23. The highest BCUT2D eigenvalue weighted by atomic mass is 16.5. The third-order valence-corrected chi connectivity index (χ3v) is 5.51. The summed E-state index contributed by atoms with van der Waals surface area (Å²) < 4.78 is 11.4. The summed E-state index contributed by atoms with van der Waals surface area (Å²) in [7, 11) is 0. The maximum absolute atomic E-state index is 12.4. The Balaban J connectivity index is 1.24. The maximum atomic E-state index is 12.4. The summed E-state index contributed by atoms with van der Waals surface area (Å²) in [4.78, 5) is 24.7. The monoisotopic (exact) mass is 459 g/mol. The van der Waals surface area contributed by atoms with Crippen LogP contribution in [0, 0.1) is 0 Å². The van der Waals surface area contributed by atoms with E-state index in [2.05, 4.69) is 16.0 Å². The van der Waals surface area contributed by atoms with E-state index in [1.54, 1.807) is 24.3 Å². The summed E-state index contributed by atoms with van der Waals surface area (Å²) in [5, 5.41) is 8.86. The van der Waals surface area contributed by atoms with Crippen LogP contribution in [0.15, 0.2) is 78.9 Å². The molecule has 1 heterocycles. The van der Waals surface area contributed by atoms with Gasteiger partial charge < -0.3 is 25.4 Å². The van der Waals surface area contributed by atoms with Crippen LogP contribution in [0.5, 0.6) is 5.75 Å². The van der Waals surface area contributed by atoms with Gasteiger partial charge in [0.1, 0.15) is 12.4 Å². The van der Waals surface area contributed by atoms with Gasteiger partial charge in [0, 0.05) is 24.4 Å². The molecule has 0 saturated carbocycles. The van der Waals surface area contributed by atoms with E-state index in [0.717, 1.165) is 30.7 Å². The van der Waals surface area contributed by atoms with E-state index in [1.165, 1.54) is 0 Å². The van der Waals surface area contributed by atoms with Gasteiger partial charge in [-0.25, -0.2) is 0 Å². The molecule has 7 heteroatoms. The van der Waals surface area contributed by atoms with Crippen molar-refractivity contribution in [3.63, 3.8) is 0 Å². The lowest BCUT2D eigenvalue weighted by molar-refractivity contribution is -0.114. The second-order valence-electron chi connectivity index (χ2n) is 8.09. The first-order chi connectivity index (χ1) is 16.7. The minimum Gasteiger partial charge on any atom is -0.487 e. The Morgan fingerprint density at radius 3 is 2.47 bits per heavy atom. The number of carbonyl (C=O) groups excluding carboxylic acids is 2. The number of ether oxygens (including phenoxy) is 2. The van der Waals surface area contributed by atoms with E-state index in [9.17, 15) is 9.59 Å². The second kappa shape index (κ2) is 11.9. The van der Waals surface area contributed by atoms with Crippen molar-refractivity contribution < 1.29 is 19.1 Å². The van der Waals surface area contributed by atoms with Gasteiger partial charge in [-0.15, -0.1) is 0 Å². The van der Waals surface area contributed by atoms with Crippen LogP contribution in [0.1, 0.15) is 28.8 Å². The molecular formula is C27H29N3O4. The fraction of sp³-hybridized carbons (Fsp3) is 0.259. The Hall–Kier alpha value is -3.84. The zero-order valence-electron chi connectivity index (χ0n) is 19.0. The molecule has 2 amide bonds. The molecule has 0 aliphatic carbocycles. The van der Waals surface area contributed by atoms with E-state index < -0.39 is 0 Å². The minimum absolute atomic E-state index is 0.0787. The zero-order valence-corrected chi connectivity index (χ0v) is 19.0. The topological polar surface area (TPSA) is 88.7 Å². The lowest BCUT2D eigenvalue weighted by Crippen LogP contribution is -2.31. The fourth-order valence-electron chi connectivity index (χ4n) is 3.67. The quantitative estimate of drug-likeness (QED) is 0.422. The van der Waals surface area contributed by atoms with E-state index in [0.29, 0.717) is 30.2 Å². The summed E-state index contributed by atoms with van der Waals surface area (Å²) in [6.45, 7) is 1.80. The van der Waals surface area contributed by atoms with Gasteiger partial charge in [-0.1, -0.05) is 42.5 Å². The van der Waals surface area contributed by atoms with Crippen molar-refractivity contribution in [1.82, 2.24) is 5.32 Å². The van der Waals surface area contributed by atoms with Crippen molar-refractivity contribution >= 4 is 23.2 Å². The van der Waals surface area contributed by atoms with Crippen LogP contribution >= 0.6 is 0 Å². The van der Waals surface area contributed by atoms with Gasteiger partial charge in [0.25, 0.3) is 5.91 Å². The molecule has 0 bridgehead atoms. The number of hydrogen-bond acceptors (Lipinski definition) is 5. The summed E-state index contributed by atoms with van der Waals surface area (Å²) >= 11 is 0. The fourth-order valence-corrected chi connectivity index (χ4v) is 3.67. The molecule has 3 N–H and O–H groups in total. The van der Waals surface area contributed by atoms with Gasteiger partial charge in [-0.2, -0.15) is 0 Å². The normalized spacial score (nSPS) is 14.9. The van der Waals surface area contributed by atoms with Crippen LogP contribution in [-0.2, 0) is 16.1 Å². The molecule has 3 aromatic rings. The third kappa shape index (κ3) is 6.83. The van der Waals surface area contributed by atoms with Crippen molar-refractivity contribution in [2.75, 3.05) is 30.3 Å². The molecule has 3 aromatic carbocycles. The van der Waals surface area contributed by atoms with E-state index in [4.69, 9.17) is 9.47 Å². The minimum atomic E-state index is -0.201. The van der Waals surface area contributed by atoms with E-state index in [-0.39, 0.29) is 24.5 Å². The molecule has 1 fully saturated rings. The van der Waals surface area contributed by atoms with Crippen LogP contribution in [0.4, 0.5) is 11.4 Å². The van der Waals surface area contributed by atoms with E-state index >= 15 is 0 Å². The molecule has 0 radical (unpaired) electrons. The van der Waals surface area contributed by atoms with Crippen LogP contribution in [0.25, 0.3) is 0 Å². The molecule has 176 valence electrons. The van der Waals surface area contributed by atoms with Crippen LogP contribution < -0.4 is 20.7 Å². The number of para-hydroxylation sites is 2. The Labute approximate surface area is 199 Å². The van der Waals surface area contributed by atoms with Crippen LogP contribution in [0.2, 0.25) is 0 Å². The molecule has 1 saturated heterocycles. The molecule has 4 rings (SSSR count). The molecule has 1 unspecified atom stereocenters. The van der Waals surface area contributed by atoms with Crippen LogP contribution in [-0.4, -0.2) is 37.6 Å². The lowest BCUT2D eigenvalue weighted by atomic mass is 10.2. The summed E-state index contributed by atoms with van der Waals surface area (Å²) in [5.41, 5.74) is 2.97. The Morgan fingerprint density at radius 1 is 0.941 bits per heavy atom. The largest absolute Gasteiger partial charge is 0.487 e.